The minimum Gasteiger partial charge on any atom is -0.497 e. The highest BCUT2D eigenvalue weighted by atomic mass is 127. The van der Waals surface area contributed by atoms with Gasteiger partial charge >= 0.3 is 0 Å². The van der Waals surface area contributed by atoms with Crippen LogP contribution >= 0.6 is 24.0 Å². The van der Waals surface area contributed by atoms with Crippen molar-refractivity contribution in [3.63, 3.8) is 0 Å². The Morgan fingerprint density at radius 3 is 2.50 bits per heavy atom. The van der Waals surface area contributed by atoms with Crippen LogP contribution in [0.5, 0.6) is 5.75 Å². The topological polar surface area (TPSA) is 75.1 Å². The molecule has 2 aromatic rings. The second-order valence-electron chi connectivity index (χ2n) is 6.74. The molecule has 0 spiro atoms. The third-order valence-corrected chi connectivity index (χ3v) is 4.55. The van der Waals surface area contributed by atoms with Gasteiger partial charge in [0.15, 0.2) is 5.96 Å². The zero-order valence-corrected chi connectivity index (χ0v) is 20.4. The lowest BCUT2D eigenvalue weighted by Crippen LogP contribution is -2.40. The summed E-state index contributed by atoms with van der Waals surface area (Å²) < 4.78 is 10.6. The van der Waals surface area contributed by atoms with Gasteiger partial charge in [0.25, 0.3) is 0 Å². The van der Waals surface area contributed by atoms with Gasteiger partial charge in [0.05, 0.1) is 19.8 Å². The number of rotatable bonds is 11. The Morgan fingerprint density at radius 1 is 1.10 bits per heavy atom. The number of benzene rings is 2. The van der Waals surface area contributed by atoms with E-state index in [2.05, 4.69) is 15.6 Å². The van der Waals surface area contributed by atoms with Crippen molar-refractivity contribution >= 4 is 29.9 Å². The molecule has 0 aliphatic rings. The van der Waals surface area contributed by atoms with Gasteiger partial charge in [-0.05, 0) is 49.1 Å². The van der Waals surface area contributed by atoms with Crippen LogP contribution in [-0.4, -0.2) is 44.5 Å². The van der Waals surface area contributed by atoms with E-state index >= 15 is 0 Å². The molecule has 7 heteroatoms. The van der Waals surface area contributed by atoms with Crippen LogP contribution in [0, 0.1) is 6.92 Å². The Labute approximate surface area is 197 Å². The average molecular weight is 527 g/mol. The first kappa shape index (κ1) is 26.2. The minimum absolute atomic E-state index is 0. The van der Waals surface area contributed by atoms with E-state index in [0.717, 1.165) is 42.0 Å². The van der Waals surface area contributed by atoms with Crippen molar-refractivity contribution in [1.29, 1.82) is 0 Å². The van der Waals surface area contributed by atoms with Gasteiger partial charge in [0, 0.05) is 26.3 Å². The molecule has 0 bridgehead atoms. The molecule has 166 valence electrons. The molecule has 0 aromatic heterocycles. The van der Waals surface area contributed by atoms with Crippen LogP contribution in [0.3, 0.4) is 0 Å². The van der Waals surface area contributed by atoms with Crippen molar-refractivity contribution in [3.8, 4) is 5.75 Å². The zero-order valence-electron chi connectivity index (χ0n) is 18.1. The summed E-state index contributed by atoms with van der Waals surface area (Å²) in [4.78, 5) is 4.66. The van der Waals surface area contributed by atoms with E-state index in [-0.39, 0.29) is 24.0 Å². The summed E-state index contributed by atoms with van der Waals surface area (Å²) >= 11 is 0. The molecule has 0 saturated heterocycles. The highest BCUT2D eigenvalue weighted by Crippen LogP contribution is 2.16. The Morgan fingerprint density at radius 2 is 1.83 bits per heavy atom. The summed E-state index contributed by atoms with van der Waals surface area (Å²) in [6.45, 7) is 7.08. The molecule has 6 nitrogen and oxygen atoms in total. The maximum atomic E-state index is 10.6. The number of nitrogens with one attached hydrogen (secondary N) is 2. The van der Waals surface area contributed by atoms with E-state index in [1.807, 2.05) is 62.4 Å². The number of halogens is 1. The van der Waals surface area contributed by atoms with Crippen LogP contribution in [0.15, 0.2) is 53.5 Å². The molecule has 3 N–H and O–H groups in total. The van der Waals surface area contributed by atoms with Gasteiger partial charge in [-0.3, -0.25) is 0 Å². The molecule has 0 heterocycles. The van der Waals surface area contributed by atoms with Crippen molar-refractivity contribution in [2.24, 2.45) is 4.99 Å². The van der Waals surface area contributed by atoms with Gasteiger partial charge < -0.3 is 25.2 Å². The highest BCUT2D eigenvalue weighted by Gasteiger charge is 2.10. The molecule has 0 saturated carbocycles. The molecule has 2 aromatic carbocycles. The van der Waals surface area contributed by atoms with E-state index in [4.69, 9.17) is 9.47 Å². The van der Waals surface area contributed by atoms with Crippen LogP contribution in [-0.2, 0) is 11.3 Å². The number of guanidine groups is 1. The number of methoxy groups -OCH3 is 1. The van der Waals surface area contributed by atoms with Crippen molar-refractivity contribution in [2.45, 2.75) is 32.9 Å². The second-order valence-corrected chi connectivity index (χ2v) is 6.74. The van der Waals surface area contributed by atoms with Gasteiger partial charge in [-0.2, -0.15) is 0 Å². The molecule has 0 amide bonds. The highest BCUT2D eigenvalue weighted by molar-refractivity contribution is 14.0. The molecule has 2 rings (SSSR count). The lowest BCUT2D eigenvalue weighted by molar-refractivity contribution is 0.145. The maximum Gasteiger partial charge on any atom is 0.191 e. The van der Waals surface area contributed by atoms with Gasteiger partial charge in [-0.25, -0.2) is 4.99 Å². The van der Waals surface area contributed by atoms with Gasteiger partial charge in [0.2, 0.25) is 0 Å². The first-order chi connectivity index (χ1) is 14.1. The predicted molar refractivity (Wildman–Crippen MR) is 133 cm³/mol. The largest absolute Gasteiger partial charge is 0.497 e. The summed E-state index contributed by atoms with van der Waals surface area (Å²) in [6, 6.07) is 15.7. The molecule has 0 aliphatic carbocycles. The SMILES string of the molecule is CCOCCCNC(=NCc1ccc(OC)cc1)NCC(O)c1ccccc1C.I. The fraction of sp³-hybridized carbons (Fsp3) is 0.435. The summed E-state index contributed by atoms with van der Waals surface area (Å²) in [5.41, 5.74) is 3.08. The van der Waals surface area contributed by atoms with Crippen molar-refractivity contribution < 1.29 is 14.6 Å². The summed E-state index contributed by atoms with van der Waals surface area (Å²) in [6.07, 6.45) is 0.282. The first-order valence-electron chi connectivity index (χ1n) is 10.1. The maximum absolute atomic E-state index is 10.6. The lowest BCUT2D eigenvalue weighted by atomic mass is 10.0. The molecular formula is C23H34IN3O3. The van der Waals surface area contributed by atoms with Gasteiger partial charge in [-0.1, -0.05) is 36.4 Å². The number of ether oxygens (including phenoxy) is 2. The minimum atomic E-state index is -0.604. The fourth-order valence-corrected chi connectivity index (χ4v) is 2.86. The number of hydrogen-bond donors (Lipinski definition) is 3. The fourth-order valence-electron chi connectivity index (χ4n) is 2.86. The van der Waals surface area contributed by atoms with Gasteiger partial charge in [-0.15, -0.1) is 24.0 Å². The third-order valence-electron chi connectivity index (χ3n) is 4.55. The zero-order chi connectivity index (χ0) is 20.9. The third kappa shape index (κ3) is 9.32. The first-order valence-corrected chi connectivity index (χ1v) is 10.1. The Bertz CT molecular complexity index is 754. The standard InChI is InChI=1S/C23H33N3O3.HI/c1-4-29-15-7-14-24-23(25-16-19-10-12-20(28-3)13-11-19)26-17-22(27)21-9-6-5-8-18(21)2;/h5-6,8-13,22,27H,4,7,14-17H2,1-3H3,(H2,24,25,26);1H. The van der Waals surface area contributed by atoms with E-state index in [9.17, 15) is 5.11 Å². The number of aliphatic hydroxyl groups is 1. The quantitative estimate of drug-likeness (QED) is 0.179. The monoisotopic (exact) mass is 527 g/mol. The van der Waals surface area contributed by atoms with E-state index in [1.165, 1.54) is 0 Å². The summed E-state index contributed by atoms with van der Waals surface area (Å²) in [5, 5.41) is 17.1. The summed E-state index contributed by atoms with van der Waals surface area (Å²) in [5.74, 6) is 1.50. The molecule has 0 aliphatic heterocycles. The van der Waals surface area contributed by atoms with Crippen LogP contribution in [0.25, 0.3) is 0 Å². The second kappa shape index (κ2) is 15.0. The molecule has 0 fully saturated rings. The van der Waals surface area contributed by atoms with E-state index < -0.39 is 6.10 Å². The normalized spacial score (nSPS) is 12.1. The average Bonchev–Trinajstić information content (AvgIpc) is 2.75. The van der Waals surface area contributed by atoms with Crippen molar-refractivity contribution in [1.82, 2.24) is 10.6 Å². The number of hydrogen-bond acceptors (Lipinski definition) is 4. The van der Waals surface area contributed by atoms with Crippen molar-refractivity contribution in [3.05, 3.63) is 65.2 Å². The lowest BCUT2D eigenvalue weighted by Gasteiger charge is -2.17. The van der Waals surface area contributed by atoms with Crippen LogP contribution in [0.4, 0.5) is 0 Å². The van der Waals surface area contributed by atoms with Gasteiger partial charge in [0.1, 0.15) is 5.75 Å². The Kier molecular flexibility index (Phi) is 13.1. The molecule has 0 radical (unpaired) electrons. The van der Waals surface area contributed by atoms with E-state index in [0.29, 0.717) is 25.7 Å². The number of aryl methyl sites for hydroxylation is 1. The van der Waals surface area contributed by atoms with E-state index in [1.54, 1.807) is 7.11 Å². The predicted octanol–water partition coefficient (Wildman–Crippen LogP) is 3.82. The molecule has 1 unspecified atom stereocenters. The molecule has 1 atom stereocenters. The number of aliphatic hydroxyl groups excluding tert-OH is 1. The number of aliphatic imine (C=N–C) groups is 1. The smallest absolute Gasteiger partial charge is 0.191 e. The Balaban J connectivity index is 0.00000450. The van der Waals surface area contributed by atoms with Crippen LogP contribution in [0.1, 0.15) is 36.1 Å². The summed E-state index contributed by atoms with van der Waals surface area (Å²) in [7, 11) is 1.65. The Hall–Kier alpha value is -1.84. The van der Waals surface area contributed by atoms with Crippen LogP contribution < -0.4 is 15.4 Å². The van der Waals surface area contributed by atoms with Crippen molar-refractivity contribution in [2.75, 3.05) is 33.4 Å². The number of nitrogens with zero attached hydrogens (tertiary/aromatic N) is 1. The molecule has 30 heavy (non-hydrogen) atoms. The molecular weight excluding hydrogens is 493 g/mol. The van der Waals surface area contributed by atoms with Crippen LogP contribution in [0.2, 0.25) is 0 Å².